The molecule has 1 amide bonds. The van der Waals surface area contributed by atoms with Crippen molar-refractivity contribution in [2.24, 2.45) is 12.1 Å². The Labute approximate surface area is 117 Å². The largest absolute Gasteiger partial charge is 0.507 e. The number of halogens is 1. The fourth-order valence-electron chi connectivity index (χ4n) is 1.44. The Bertz CT molecular complexity index is 636. The fraction of sp³-hybridized carbons (Fsp3) is 0.0833. The standard InChI is InChI=1S/C12H11BrN4O2/c1-17-10(4-5-15-17)12(19)16-14-7-8-6-9(13)2-3-11(8)18/h2-7,18H,1H3,(H,16,19). The van der Waals surface area contributed by atoms with Crippen molar-refractivity contribution in [3.8, 4) is 5.75 Å². The Hall–Kier alpha value is -2.15. The zero-order valence-corrected chi connectivity index (χ0v) is 11.6. The van der Waals surface area contributed by atoms with Crippen molar-refractivity contribution in [1.82, 2.24) is 15.2 Å². The second-order valence-electron chi connectivity index (χ2n) is 3.74. The Balaban J connectivity index is 2.06. The van der Waals surface area contributed by atoms with E-state index in [1.807, 2.05) is 0 Å². The van der Waals surface area contributed by atoms with E-state index in [1.54, 1.807) is 25.2 Å². The average molecular weight is 323 g/mol. The molecule has 1 heterocycles. The molecule has 98 valence electrons. The number of hydrogen-bond donors (Lipinski definition) is 2. The molecule has 0 aliphatic carbocycles. The van der Waals surface area contributed by atoms with Gasteiger partial charge >= 0.3 is 0 Å². The number of phenolic OH excluding ortho intramolecular Hbond substituents is 1. The highest BCUT2D eigenvalue weighted by molar-refractivity contribution is 9.10. The summed E-state index contributed by atoms with van der Waals surface area (Å²) in [5.74, 6) is -0.285. The summed E-state index contributed by atoms with van der Waals surface area (Å²) >= 11 is 3.29. The summed E-state index contributed by atoms with van der Waals surface area (Å²) in [5, 5.41) is 17.3. The molecule has 0 saturated heterocycles. The SMILES string of the molecule is Cn1nccc1C(=O)NN=Cc1cc(Br)ccc1O. The third-order valence-corrected chi connectivity index (χ3v) is 2.91. The van der Waals surface area contributed by atoms with Gasteiger partial charge in [0.2, 0.25) is 0 Å². The van der Waals surface area contributed by atoms with Crippen LogP contribution < -0.4 is 5.43 Å². The van der Waals surface area contributed by atoms with Gasteiger partial charge in [0.15, 0.2) is 0 Å². The van der Waals surface area contributed by atoms with Gasteiger partial charge in [-0.15, -0.1) is 0 Å². The molecule has 0 unspecified atom stereocenters. The number of amides is 1. The Morgan fingerprint density at radius 1 is 1.53 bits per heavy atom. The summed E-state index contributed by atoms with van der Waals surface area (Å²) in [4.78, 5) is 11.7. The predicted octanol–water partition coefficient (Wildman–Crippen LogP) is 1.65. The average Bonchev–Trinajstić information content (AvgIpc) is 2.80. The minimum absolute atomic E-state index is 0.0849. The monoisotopic (exact) mass is 322 g/mol. The minimum Gasteiger partial charge on any atom is -0.507 e. The number of carbonyl (C=O) groups is 1. The molecule has 0 aliphatic heterocycles. The number of benzene rings is 1. The fourth-order valence-corrected chi connectivity index (χ4v) is 1.82. The quantitative estimate of drug-likeness (QED) is 0.666. The van der Waals surface area contributed by atoms with Crippen LogP contribution >= 0.6 is 15.9 Å². The van der Waals surface area contributed by atoms with E-state index in [2.05, 4.69) is 31.6 Å². The molecule has 0 bridgehead atoms. The number of phenols is 1. The highest BCUT2D eigenvalue weighted by Crippen LogP contribution is 2.19. The summed E-state index contributed by atoms with van der Waals surface area (Å²) in [5.41, 5.74) is 3.26. The second kappa shape index (κ2) is 5.66. The maximum absolute atomic E-state index is 11.7. The lowest BCUT2D eigenvalue weighted by atomic mass is 10.2. The van der Waals surface area contributed by atoms with E-state index in [0.717, 1.165) is 4.47 Å². The van der Waals surface area contributed by atoms with E-state index in [0.29, 0.717) is 11.3 Å². The maximum atomic E-state index is 11.7. The number of rotatable bonds is 3. The van der Waals surface area contributed by atoms with Crippen molar-refractivity contribution in [2.45, 2.75) is 0 Å². The van der Waals surface area contributed by atoms with Crippen LogP contribution in [0.3, 0.4) is 0 Å². The third kappa shape index (κ3) is 3.19. The molecule has 0 fully saturated rings. The number of aromatic hydroxyl groups is 1. The number of hydrazone groups is 1. The van der Waals surface area contributed by atoms with Crippen LogP contribution in [0, 0.1) is 0 Å². The van der Waals surface area contributed by atoms with Crippen LogP contribution in [0.15, 0.2) is 40.0 Å². The van der Waals surface area contributed by atoms with Crippen molar-refractivity contribution in [3.05, 3.63) is 46.2 Å². The highest BCUT2D eigenvalue weighted by atomic mass is 79.9. The van der Waals surface area contributed by atoms with Gasteiger partial charge in [-0.1, -0.05) is 15.9 Å². The first-order chi connectivity index (χ1) is 9.08. The summed E-state index contributed by atoms with van der Waals surface area (Å²) in [6.45, 7) is 0. The first-order valence-corrected chi connectivity index (χ1v) is 6.17. The molecule has 6 nitrogen and oxygen atoms in total. The zero-order chi connectivity index (χ0) is 13.8. The summed E-state index contributed by atoms with van der Waals surface area (Å²) in [6, 6.07) is 6.52. The van der Waals surface area contributed by atoms with Crippen LogP contribution in [0.25, 0.3) is 0 Å². The van der Waals surface area contributed by atoms with Crippen LogP contribution in [0.5, 0.6) is 5.75 Å². The number of aryl methyl sites for hydroxylation is 1. The van der Waals surface area contributed by atoms with E-state index in [4.69, 9.17) is 0 Å². The molecular weight excluding hydrogens is 312 g/mol. The van der Waals surface area contributed by atoms with Crippen LogP contribution in [0.1, 0.15) is 16.1 Å². The molecule has 0 aliphatic rings. The number of hydrogen-bond acceptors (Lipinski definition) is 4. The second-order valence-corrected chi connectivity index (χ2v) is 4.66. The zero-order valence-electron chi connectivity index (χ0n) is 10.0. The number of nitrogens with one attached hydrogen (secondary N) is 1. The molecule has 0 spiro atoms. The molecule has 2 aromatic rings. The number of nitrogens with zero attached hydrogens (tertiary/aromatic N) is 3. The van der Waals surface area contributed by atoms with Gasteiger partial charge < -0.3 is 5.11 Å². The van der Waals surface area contributed by atoms with Gasteiger partial charge in [0.1, 0.15) is 11.4 Å². The van der Waals surface area contributed by atoms with Gasteiger partial charge in [0, 0.05) is 23.3 Å². The van der Waals surface area contributed by atoms with Gasteiger partial charge in [-0.25, -0.2) is 5.43 Å². The Kier molecular flexibility index (Phi) is 3.96. The van der Waals surface area contributed by atoms with Crippen molar-refractivity contribution in [1.29, 1.82) is 0 Å². The third-order valence-electron chi connectivity index (χ3n) is 2.41. The lowest BCUT2D eigenvalue weighted by Gasteiger charge is -2.01. The summed E-state index contributed by atoms with van der Waals surface area (Å²) < 4.78 is 2.26. The predicted molar refractivity (Wildman–Crippen MR) is 74.1 cm³/mol. The first kappa shape index (κ1) is 13.3. The molecule has 2 rings (SSSR count). The molecule has 0 radical (unpaired) electrons. The van der Waals surface area contributed by atoms with Crippen LogP contribution in [-0.4, -0.2) is 27.0 Å². The summed E-state index contributed by atoms with van der Waals surface area (Å²) in [7, 11) is 1.67. The van der Waals surface area contributed by atoms with Crippen molar-refractivity contribution < 1.29 is 9.90 Å². The van der Waals surface area contributed by atoms with Crippen molar-refractivity contribution >= 4 is 28.1 Å². The van der Waals surface area contributed by atoms with Gasteiger partial charge in [0.25, 0.3) is 5.91 Å². The number of aromatic nitrogens is 2. The van der Waals surface area contributed by atoms with Crippen molar-refractivity contribution in [2.75, 3.05) is 0 Å². The van der Waals surface area contributed by atoms with E-state index < -0.39 is 0 Å². The number of carbonyl (C=O) groups excluding carboxylic acids is 1. The van der Waals surface area contributed by atoms with E-state index in [-0.39, 0.29) is 11.7 Å². The van der Waals surface area contributed by atoms with E-state index in [9.17, 15) is 9.90 Å². The highest BCUT2D eigenvalue weighted by Gasteiger charge is 2.08. The first-order valence-electron chi connectivity index (χ1n) is 5.38. The van der Waals surface area contributed by atoms with Gasteiger partial charge in [-0.3, -0.25) is 9.48 Å². The van der Waals surface area contributed by atoms with Gasteiger partial charge in [-0.2, -0.15) is 10.2 Å². The molecule has 0 saturated carbocycles. The van der Waals surface area contributed by atoms with E-state index >= 15 is 0 Å². The lowest BCUT2D eigenvalue weighted by molar-refractivity contribution is 0.0945. The Morgan fingerprint density at radius 3 is 3.00 bits per heavy atom. The molecule has 7 heteroatoms. The van der Waals surface area contributed by atoms with Crippen molar-refractivity contribution in [3.63, 3.8) is 0 Å². The van der Waals surface area contributed by atoms with E-state index in [1.165, 1.54) is 23.2 Å². The van der Waals surface area contributed by atoms with Crippen LogP contribution in [0.4, 0.5) is 0 Å². The topological polar surface area (TPSA) is 79.5 Å². The molecule has 2 N–H and O–H groups in total. The minimum atomic E-state index is -0.370. The normalized spacial score (nSPS) is 10.8. The molecular formula is C12H11BrN4O2. The molecule has 19 heavy (non-hydrogen) atoms. The molecule has 1 aromatic carbocycles. The van der Waals surface area contributed by atoms with Crippen LogP contribution in [0.2, 0.25) is 0 Å². The molecule has 0 atom stereocenters. The molecule has 1 aromatic heterocycles. The lowest BCUT2D eigenvalue weighted by Crippen LogP contribution is -2.20. The smallest absolute Gasteiger partial charge is 0.289 e. The van der Waals surface area contributed by atoms with Gasteiger partial charge in [-0.05, 0) is 24.3 Å². The Morgan fingerprint density at radius 2 is 2.32 bits per heavy atom. The summed E-state index contributed by atoms with van der Waals surface area (Å²) in [6.07, 6.45) is 2.90. The van der Waals surface area contributed by atoms with Gasteiger partial charge in [0.05, 0.1) is 6.21 Å². The van der Waals surface area contributed by atoms with Crippen LogP contribution in [-0.2, 0) is 7.05 Å². The maximum Gasteiger partial charge on any atom is 0.289 e.